The molecule has 12 aliphatic carbocycles. The van der Waals surface area contributed by atoms with Crippen molar-refractivity contribution in [3.8, 4) is 0 Å². The first-order valence-electron chi connectivity index (χ1n) is 45.3. The predicted octanol–water partition coefficient (Wildman–Crippen LogP) is 22.0. The molecule has 12 aliphatic rings. The number of halogens is 30. The number of carbonyl (C=O) groups is 5. The minimum atomic E-state index is -5.95. The molecule has 0 aromatic carbocycles. The Morgan fingerprint density at radius 1 is 0.328 bits per heavy atom. The van der Waals surface area contributed by atoms with Crippen LogP contribution in [0, 0.1) is 86.3 Å². The molecule has 802 valence electrons. The van der Waals surface area contributed by atoms with Crippen molar-refractivity contribution in [2.75, 3.05) is 39.6 Å². The fourth-order valence-electron chi connectivity index (χ4n) is 20.0. The van der Waals surface area contributed by atoms with Gasteiger partial charge in [-0.3, -0.25) is 24.0 Å². The van der Waals surface area contributed by atoms with Crippen LogP contribution in [0.3, 0.4) is 0 Å². The third kappa shape index (κ3) is 26.6. The van der Waals surface area contributed by atoms with Crippen LogP contribution in [-0.4, -0.2) is 226 Å². The summed E-state index contributed by atoms with van der Waals surface area (Å²) >= 11 is 0. The number of rotatable bonds is 31. The summed E-state index contributed by atoms with van der Waals surface area (Å²) in [6, 6.07) is 0. The molecule has 0 heterocycles. The number of carbonyl (C=O) groups excluding carboxylic acids is 5. The second-order valence-electron chi connectivity index (χ2n) is 42.2. The van der Waals surface area contributed by atoms with E-state index in [1.807, 2.05) is 13.8 Å². The number of ether oxygens (including phenoxy) is 9. The van der Waals surface area contributed by atoms with Crippen molar-refractivity contribution in [1.82, 2.24) is 0 Å². The van der Waals surface area contributed by atoms with Crippen molar-refractivity contribution in [2.24, 2.45) is 86.3 Å². The van der Waals surface area contributed by atoms with Gasteiger partial charge in [0.25, 0.3) is 28.0 Å². The van der Waals surface area contributed by atoms with Crippen LogP contribution in [0.15, 0.2) is 0 Å². The fraction of sp³-hybridized carbons (Fsp3) is 0.943. The summed E-state index contributed by atoms with van der Waals surface area (Å²) in [7, 11) is 0. The zero-order chi connectivity index (χ0) is 106. The highest BCUT2D eigenvalue weighted by atomic mass is 19.5. The molecule has 0 aliphatic heterocycles. The Labute approximate surface area is 772 Å². The number of hydrogen-bond donors (Lipinski definition) is 5. The van der Waals surface area contributed by atoms with Crippen LogP contribution < -0.4 is 0 Å². The SMILES string of the molecule is CCC(C)(C)C(=O)OC12CC3CC(CC(OCC(O)(C(F)(F)F)C(F)(F)F)(C3)C1)C2.CCC(C)(C)C(=O)OC1C2CC3CC(C2)CC1(OCC(O)(C(F)(F)F)C(F)(F)F)C3.CCC(C)(C)C(=O)OC1CCC(CC(O)(C(F)(F)F)C(F)(F)F)C1.CCC(C)(C)C(=O)OC1CCC2C3CC(OCCC(O)(C(F)(F)F)C(F)(F)F)C(C3)C12.CCC(C)(C)C(=O)OCCOCC(O)(C(F)(F)F)C(F)(F)F. The van der Waals surface area contributed by atoms with Crippen LogP contribution in [0.25, 0.3) is 0 Å². The Hall–Kier alpha value is -5.11. The Bertz CT molecular complexity index is 3910. The molecule has 0 amide bonds. The lowest BCUT2D eigenvalue weighted by Gasteiger charge is -2.61. The highest BCUT2D eigenvalue weighted by Gasteiger charge is 2.77. The van der Waals surface area contributed by atoms with E-state index in [0.29, 0.717) is 89.4 Å². The number of alkyl halides is 30. The van der Waals surface area contributed by atoms with Gasteiger partial charge in [0.05, 0.1) is 71.8 Å². The molecule has 12 rings (SSSR count). The van der Waals surface area contributed by atoms with Gasteiger partial charge in [0.2, 0.25) is 0 Å². The van der Waals surface area contributed by atoms with Gasteiger partial charge in [-0.25, -0.2) is 0 Å². The first kappa shape index (κ1) is 121. The second-order valence-corrected chi connectivity index (χ2v) is 42.2. The molecule has 19 nitrogen and oxygen atoms in total. The third-order valence-electron chi connectivity index (χ3n) is 30.3. The standard InChI is InChI=1S/C21H30F6O4.2C20H28F6O4.C15H22F6O3.C12H18F6O4/c1-4-18(2,3)17(28)31-14-6-5-12-11-9-13(16(12)14)15(10-11)30-8-7-19(29,20(22,23)24)21(25,26)27;1-4-15(2,3)14(27)30-17-8-12-5-13(9-17)7-16(6-12,10-17)29-11-18(28,19(21,22)23)20(24,25)26;1-4-16(2,3)15(27)30-14-13-6-11-5-12(7-13)9-17(14,8-11)29-10-18(28,19(21,22)23)20(24,25)26;1-4-12(2,3)11(22)24-10-6-5-9(7-10)8-13(23,14(16,17)18)15(19,20)21;1-4-9(2,3)8(19)22-6-5-21-7-10(20,11(13,14)15)12(16,17)18/h11-16,29H,4-10H2,1-3H3;12-13,28H,4-11H2,1-3H3;11-14,28H,4-10H2,1-3H3;9-10,23H,4-8H2,1-3H3;20H,4-7H2,1-3H3. The molecule has 0 radical (unpaired) electrons. The van der Waals surface area contributed by atoms with Crippen molar-refractivity contribution in [3.63, 3.8) is 0 Å². The summed E-state index contributed by atoms with van der Waals surface area (Å²) < 4.78 is 432. The van der Waals surface area contributed by atoms with Gasteiger partial charge >= 0.3 is 91.6 Å². The Morgan fingerprint density at radius 3 is 1.13 bits per heavy atom. The van der Waals surface area contributed by atoms with Crippen LogP contribution in [0.5, 0.6) is 0 Å². The van der Waals surface area contributed by atoms with E-state index in [1.165, 1.54) is 0 Å². The quantitative estimate of drug-likeness (QED) is 0.0187. The molecule has 0 saturated heterocycles. The van der Waals surface area contributed by atoms with Gasteiger partial charge in [-0.15, -0.1) is 0 Å². The molecule has 0 aromatic heterocycles. The van der Waals surface area contributed by atoms with Gasteiger partial charge < -0.3 is 68.2 Å². The minimum Gasteiger partial charge on any atom is -0.463 e. The maximum Gasteiger partial charge on any atom is 0.428 e. The Balaban J connectivity index is 0.000000265. The van der Waals surface area contributed by atoms with Crippen molar-refractivity contribution in [2.45, 2.75) is 395 Å². The smallest absolute Gasteiger partial charge is 0.428 e. The molecule has 12 fully saturated rings. The van der Waals surface area contributed by atoms with E-state index in [2.05, 4.69) is 9.47 Å². The predicted molar refractivity (Wildman–Crippen MR) is 420 cm³/mol. The maximum atomic E-state index is 13.1. The summed E-state index contributed by atoms with van der Waals surface area (Å²) in [5.41, 5.74) is -31.9. The molecule has 13 unspecified atom stereocenters. The summed E-state index contributed by atoms with van der Waals surface area (Å²) in [5, 5.41) is 46.3. The van der Waals surface area contributed by atoms with Crippen LogP contribution in [0.1, 0.15) is 264 Å². The number of hydrogen-bond acceptors (Lipinski definition) is 19. The van der Waals surface area contributed by atoms with E-state index >= 15 is 0 Å². The molecule has 0 spiro atoms. The van der Waals surface area contributed by atoms with Crippen LogP contribution in [-0.2, 0) is 66.6 Å². The molecule has 0 aromatic rings. The molecule has 10 bridgehead atoms. The molecule has 12 saturated carbocycles. The lowest BCUT2D eigenvalue weighted by atomic mass is 9.52. The summed E-state index contributed by atoms with van der Waals surface area (Å²) in [6.07, 6.45) is -53.7. The number of fused-ring (bicyclic) bond motifs is 5. The normalized spacial score (nSPS) is 29.0. The van der Waals surface area contributed by atoms with Crippen LogP contribution in [0.2, 0.25) is 0 Å². The van der Waals surface area contributed by atoms with E-state index in [9.17, 15) is 176 Å². The molecule has 13 atom stereocenters. The summed E-state index contributed by atoms with van der Waals surface area (Å²) in [5.74, 6) is -2.89. The fourth-order valence-corrected chi connectivity index (χ4v) is 20.0. The van der Waals surface area contributed by atoms with Gasteiger partial charge in [0.1, 0.15) is 36.1 Å². The van der Waals surface area contributed by atoms with Gasteiger partial charge in [-0.05, 0) is 270 Å². The van der Waals surface area contributed by atoms with E-state index in [-0.39, 0.29) is 97.9 Å². The molecule has 137 heavy (non-hydrogen) atoms. The van der Waals surface area contributed by atoms with Gasteiger partial charge in [-0.1, -0.05) is 34.6 Å². The van der Waals surface area contributed by atoms with E-state index in [0.717, 1.165) is 25.7 Å². The molecular formula is C88H126F30O19. The Kier molecular flexibility index (Phi) is 36.8. The van der Waals surface area contributed by atoms with E-state index in [4.69, 9.17) is 38.3 Å². The Morgan fingerprint density at radius 2 is 0.708 bits per heavy atom. The van der Waals surface area contributed by atoms with E-state index in [1.54, 1.807) is 90.0 Å². The molecular weight excluding hydrogens is 1930 g/mol. The van der Waals surface area contributed by atoms with Gasteiger partial charge in [0.15, 0.2) is 0 Å². The number of esters is 5. The zero-order valence-corrected chi connectivity index (χ0v) is 78.3. The van der Waals surface area contributed by atoms with Crippen molar-refractivity contribution in [3.05, 3.63) is 0 Å². The second kappa shape index (κ2) is 41.8. The monoisotopic (exact) mass is 2060 g/mol. The van der Waals surface area contributed by atoms with Crippen molar-refractivity contribution < 1.29 is 224 Å². The first-order chi connectivity index (χ1) is 61.5. The minimum absolute atomic E-state index is 0.00587. The average Bonchev–Trinajstić information content (AvgIpc) is 1.51. The van der Waals surface area contributed by atoms with Crippen LogP contribution >= 0.6 is 0 Å². The first-order valence-corrected chi connectivity index (χ1v) is 45.3. The number of aliphatic hydroxyl groups is 5. The summed E-state index contributed by atoms with van der Waals surface area (Å²) in [6.45, 7) is 17.8. The zero-order valence-electron chi connectivity index (χ0n) is 78.3. The average molecular weight is 2060 g/mol. The molecule has 5 N–H and O–H groups in total. The largest absolute Gasteiger partial charge is 0.463 e. The molecule has 49 heteroatoms. The van der Waals surface area contributed by atoms with Crippen molar-refractivity contribution >= 4 is 29.8 Å². The van der Waals surface area contributed by atoms with Crippen LogP contribution in [0.4, 0.5) is 132 Å². The highest BCUT2D eigenvalue weighted by molar-refractivity contribution is 5.78. The summed E-state index contributed by atoms with van der Waals surface area (Å²) in [4.78, 5) is 61.2. The maximum absolute atomic E-state index is 13.1. The lowest BCUT2D eigenvalue weighted by Crippen LogP contribution is -2.66. The van der Waals surface area contributed by atoms with Gasteiger partial charge in [0, 0.05) is 18.8 Å². The topological polar surface area (TPSA) is 270 Å². The van der Waals surface area contributed by atoms with Gasteiger partial charge in [-0.2, -0.15) is 132 Å². The third-order valence-corrected chi connectivity index (χ3v) is 30.3. The lowest BCUT2D eigenvalue weighted by molar-refractivity contribution is -0.389. The van der Waals surface area contributed by atoms with E-state index < -0.39 is 234 Å². The highest BCUT2D eigenvalue weighted by Crippen LogP contribution is 2.65. The van der Waals surface area contributed by atoms with Crippen molar-refractivity contribution in [1.29, 1.82) is 0 Å².